The third-order valence-corrected chi connectivity index (χ3v) is 6.02. The number of nitrogens with one attached hydrogen (secondary N) is 1. The number of hydrogen-bond acceptors (Lipinski definition) is 7. The predicted molar refractivity (Wildman–Crippen MR) is 122 cm³/mol. The lowest BCUT2D eigenvalue weighted by Gasteiger charge is -2.36. The molecule has 1 aromatic heterocycles. The summed E-state index contributed by atoms with van der Waals surface area (Å²) >= 11 is 0. The van der Waals surface area contributed by atoms with E-state index in [1.807, 2.05) is 46.0 Å². The molecule has 1 aliphatic heterocycles. The van der Waals surface area contributed by atoms with Gasteiger partial charge in [0.05, 0.1) is 19.7 Å². The molecule has 0 unspecified atom stereocenters. The van der Waals surface area contributed by atoms with Crippen molar-refractivity contribution in [3.8, 4) is 17.1 Å². The Hall–Kier alpha value is -3.62. The van der Waals surface area contributed by atoms with Crippen LogP contribution in [0.2, 0.25) is 0 Å². The van der Waals surface area contributed by atoms with E-state index in [9.17, 15) is 4.79 Å². The summed E-state index contributed by atoms with van der Waals surface area (Å²) < 4.78 is 7.12. The van der Waals surface area contributed by atoms with Gasteiger partial charge in [-0.3, -0.25) is 4.79 Å². The van der Waals surface area contributed by atoms with Gasteiger partial charge in [0.1, 0.15) is 5.75 Å². The van der Waals surface area contributed by atoms with Crippen LogP contribution in [0, 0.1) is 0 Å². The molecule has 2 aliphatic rings. The van der Waals surface area contributed by atoms with Crippen molar-refractivity contribution in [2.24, 2.45) is 0 Å². The maximum atomic E-state index is 12.8. The Morgan fingerprint density at radius 2 is 1.88 bits per heavy atom. The number of nitrogens with zero attached hydrogens (tertiary/aromatic N) is 6. The Balaban J connectivity index is 1.15. The van der Waals surface area contributed by atoms with E-state index in [1.54, 1.807) is 7.11 Å². The summed E-state index contributed by atoms with van der Waals surface area (Å²) in [5.74, 6) is 1.73. The first-order chi connectivity index (χ1) is 15.7. The van der Waals surface area contributed by atoms with Crippen LogP contribution in [-0.2, 0) is 4.79 Å². The van der Waals surface area contributed by atoms with Gasteiger partial charge < -0.3 is 19.9 Å². The standard InChI is InChI=1S/C23H27N7O2/c1-32-21-9-7-19(8-10-21)28-11-13-29(14-12-28)22(31)16-24-18-4-2-3-17(15-18)23-25-26-27-30(23)20-5-6-20/h2-4,7-10,15,20,24H,5-6,11-14,16H2,1H3. The molecule has 3 aromatic rings. The van der Waals surface area contributed by atoms with Crippen molar-refractivity contribution in [2.45, 2.75) is 18.9 Å². The van der Waals surface area contributed by atoms with Gasteiger partial charge in [-0.2, -0.15) is 0 Å². The van der Waals surface area contributed by atoms with Crippen molar-refractivity contribution in [1.29, 1.82) is 0 Å². The van der Waals surface area contributed by atoms with Gasteiger partial charge in [0.25, 0.3) is 0 Å². The highest BCUT2D eigenvalue weighted by Gasteiger charge is 2.28. The number of rotatable bonds is 7. The van der Waals surface area contributed by atoms with Crippen LogP contribution < -0.4 is 15.0 Å². The molecule has 1 amide bonds. The van der Waals surface area contributed by atoms with Crippen molar-refractivity contribution >= 4 is 17.3 Å². The van der Waals surface area contributed by atoms with E-state index >= 15 is 0 Å². The fourth-order valence-corrected chi connectivity index (χ4v) is 4.01. The molecular weight excluding hydrogens is 406 g/mol. The Bertz CT molecular complexity index is 1070. The number of amides is 1. The number of piperazine rings is 1. The van der Waals surface area contributed by atoms with Crippen molar-refractivity contribution < 1.29 is 9.53 Å². The average molecular weight is 434 g/mol. The molecule has 1 saturated heterocycles. The number of anilines is 2. The number of aromatic nitrogens is 4. The van der Waals surface area contributed by atoms with Gasteiger partial charge in [-0.1, -0.05) is 12.1 Å². The minimum absolute atomic E-state index is 0.104. The molecule has 1 saturated carbocycles. The molecule has 1 N–H and O–H groups in total. The summed E-state index contributed by atoms with van der Waals surface area (Å²) in [4.78, 5) is 17.0. The van der Waals surface area contributed by atoms with Gasteiger partial charge >= 0.3 is 0 Å². The summed E-state index contributed by atoms with van der Waals surface area (Å²) in [5, 5.41) is 15.4. The summed E-state index contributed by atoms with van der Waals surface area (Å²) in [7, 11) is 1.67. The lowest BCUT2D eigenvalue weighted by molar-refractivity contribution is -0.129. The van der Waals surface area contributed by atoms with Gasteiger partial charge in [-0.25, -0.2) is 4.68 Å². The second-order valence-corrected chi connectivity index (χ2v) is 8.18. The smallest absolute Gasteiger partial charge is 0.241 e. The third-order valence-electron chi connectivity index (χ3n) is 6.02. The minimum Gasteiger partial charge on any atom is -0.497 e. The van der Waals surface area contributed by atoms with Crippen LogP contribution in [0.5, 0.6) is 5.75 Å². The van der Waals surface area contributed by atoms with Crippen molar-refractivity contribution in [3.63, 3.8) is 0 Å². The molecule has 0 spiro atoms. The van der Waals surface area contributed by atoms with Crippen LogP contribution in [0.25, 0.3) is 11.4 Å². The Morgan fingerprint density at radius 1 is 1.09 bits per heavy atom. The molecule has 32 heavy (non-hydrogen) atoms. The van der Waals surface area contributed by atoms with E-state index in [1.165, 1.54) is 0 Å². The largest absolute Gasteiger partial charge is 0.497 e. The Labute approximate surface area is 187 Å². The zero-order valence-corrected chi connectivity index (χ0v) is 18.1. The second kappa shape index (κ2) is 8.86. The van der Waals surface area contributed by atoms with Crippen molar-refractivity contribution in [3.05, 3.63) is 48.5 Å². The number of tetrazole rings is 1. The van der Waals surface area contributed by atoms with E-state index in [0.717, 1.165) is 54.4 Å². The summed E-state index contributed by atoms with van der Waals surface area (Å²) in [5.41, 5.74) is 2.99. The van der Waals surface area contributed by atoms with E-state index in [0.29, 0.717) is 19.1 Å². The number of carbonyl (C=O) groups excluding carboxylic acids is 1. The molecule has 2 fully saturated rings. The number of hydrogen-bond donors (Lipinski definition) is 1. The Kier molecular flexibility index (Phi) is 5.62. The average Bonchev–Trinajstić information content (AvgIpc) is 3.58. The van der Waals surface area contributed by atoms with Crippen molar-refractivity contribution in [2.75, 3.05) is 50.1 Å². The van der Waals surface area contributed by atoms with E-state index in [4.69, 9.17) is 4.74 Å². The molecule has 0 atom stereocenters. The van der Waals surface area contributed by atoms with Crippen molar-refractivity contribution in [1.82, 2.24) is 25.1 Å². The Morgan fingerprint density at radius 3 is 2.59 bits per heavy atom. The van der Waals surface area contributed by atoms with Gasteiger partial charge in [-0.15, -0.1) is 5.10 Å². The second-order valence-electron chi connectivity index (χ2n) is 8.18. The maximum Gasteiger partial charge on any atom is 0.241 e. The van der Waals surface area contributed by atoms with Crippen LogP contribution >= 0.6 is 0 Å². The lowest BCUT2D eigenvalue weighted by Crippen LogP contribution is -2.50. The lowest BCUT2D eigenvalue weighted by atomic mass is 10.2. The maximum absolute atomic E-state index is 12.8. The van der Waals surface area contributed by atoms with E-state index < -0.39 is 0 Å². The van der Waals surface area contributed by atoms with Gasteiger partial charge in [-0.05, 0) is 59.7 Å². The predicted octanol–water partition coefficient (Wildman–Crippen LogP) is 2.44. The highest BCUT2D eigenvalue weighted by Crippen LogP contribution is 2.36. The number of ether oxygens (including phenoxy) is 1. The molecular formula is C23H27N7O2. The van der Waals surface area contributed by atoms with Gasteiger partial charge in [0.2, 0.25) is 5.91 Å². The molecule has 2 aromatic carbocycles. The summed E-state index contributed by atoms with van der Waals surface area (Å²) in [6, 6.07) is 16.4. The molecule has 166 valence electrons. The summed E-state index contributed by atoms with van der Waals surface area (Å²) in [6.07, 6.45) is 2.24. The first-order valence-corrected chi connectivity index (χ1v) is 11.0. The highest BCUT2D eigenvalue weighted by molar-refractivity contribution is 5.81. The summed E-state index contributed by atoms with van der Waals surface area (Å²) in [6.45, 7) is 3.32. The minimum atomic E-state index is 0.104. The molecule has 9 nitrogen and oxygen atoms in total. The van der Waals surface area contributed by atoms with Crippen LogP contribution in [0.1, 0.15) is 18.9 Å². The number of methoxy groups -OCH3 is 1. The zero-order chi connectivity index (χ0) is 21.9. The first-order valence-electron chi connectivity index (χ1n) is 11.0. The molecule has 1 aliphatic carbocycles. The number of carbonyl (C=O) groups is 1. The van der Waals surface area contributed by atoms with Crippen LogP contribution in [0.3, 0.4) is 0 Å². The molecule has 5 rings (SSSR count). The zero-order valence-electron chi connectivity index (χ0n) is 18.1. The van der Waals surface area contributed by atoms with E-state index in [-0.39, 0.29) is 12.5 Å². The topological polar surface area (TPSA) is 88.4 Å². The van der Waals surface area contributed by atoms with Crippen LogP contribution in [0.4, 0.5) is 11.4 Å². The highest BCUT2D eigenvalue weighted by atomic mass is 16.5. The van der Waals surface area contributed by atoms with Gasteiger partial charge in [0.15, 0.2) is 5.82 Å². The monoisotopic (exact) mass is 433 g/mol. The third kappa shape index (κ3) is 4.37. The fourth-order valence-electron chi connectivity index (χ4n) is 4.01. The molecule has 0 radical (unpaired) electrons. The fraction of sp³-hybridized carbons (Fsp3) is 0.391. The van der Waals surface area contributed by atoms with Crippen LogP contribution in [-0.4, -0.2) is 70.8 Å². The van der Waals surface area contributed by atoms with Crippen LogP contribution in [0.15, 0.2) is 48.5 Å². The number of benzene rings is 2. The quantitative estimate of drug-likeness (QED) is 0.612. The molecule has 2 heterocycles. The van der Waals surface area contributed by atoms with Gasteiger partial charge in [0, 0.05) is 43.1 Å². The normalized spacial score (nSPS) is 16.2. The first kappa shape index (κ1) is 20.3. The molecule has 0 bridgehead atoms. The van der Waals surface area contributed by atoms with E-state index in [2.05, 4.69) is 37.9 Å². The molecule has 9 heteroatoms. The SMILES string of the molecule is COc1ccc(N2CCN(C(=O)CNc3cccc(-c4nnnn4C4CC4)c3)CC2)cc1.